The van der Waals surface area contributed by atoms with Gasteiger partial charge in [-0.05, 0) is 95.3 Å². The number of nitrogens with zero attached hydrogens (tertiary/aromatic N) is 2. The Labute approximate surface area is 336 Å². The van der Waals surface area contributed by atoms with Gasteiger partial charge in [-0.25, -0.2) is 24.4 Å². The first-order valence-electron chi connectivity index (χ1n) is 19.1. The van der Waals surface area contributed by atoms with Crippen molar-refractivity contribution in [1.29, 1.82) is 0 Å². The number of ether oxygens (including phenoxy) is 3. The van der Waals surface area contributed by atoms with E-state index in [9.17, 15) is 24.0 Å². The molecule has 7 N–H and O–H groups in total. The maximum absolute atomic E-state index is 10.5. The molecule has 3 aliphatic rings. The first-order valence-corrected chi connectivity index (χ1v) is 19.7. The van der Waals surface area contributed by atoms with Crippen molar-refractivity contribution in [3.63, 3.8) is 0 Å². The van der Waals surface area contributed by atoms with Crippen molar-refractivity contribution in [3.8, 4) is 0 Å². The number of esters is 2. The van der Waals surface area contributed by atoms with Crippen LogP contribution in [0.4, 0.5) is 0 Å². The molecule has 3 rings (SSSR count). The average Bonchev–Trinajstić information content (AvgIpc) is 3.48. The summed E-state index contributed by atoms with van der Waals surface area (Å²) >= 11 is 3.42. The lowest BCUT2D eigenvalue weighted by Crippen LogP contribution is -2.32. The molecule has 0 aromatic rings. The first kappa shape index (κ1) is 57.3. The number of aliphatic hydroxyl groups is 6. The molecule has 2 saturated carbocycles. The minimum Gasteiger partial charge on any atom is -0.481 e. The van der Waals surface area contributed by atoms with E-state index in [0.717, 1.165) is 62.9 Å². The molecule has 1 saturated heterocycles. The lowest BCUT2D eigenvalue weighted by molar-refractivity contribution is -0.142. The SMILES string of the molecule is C=CC(=O)OCCO.CCC(CO)(CO)CO.O=C(O)CS.O=C1CCCCCO1.O=C=NC1CCC(CC2CCC(N=C=O)CC2)CC1.OCCOCCO. The van der Waals surface area contributed by atoms with Gasteiger partial charge < -0.3 is 50.0 Å². The monoisotopic (exact) mass is 824 g/mol. The van der Waals surface area contributed by atoms with Crippen molar-refractivity contribution < 1.29 is 73.9 Å². The summed E-state index contributed by atoms with van der Waals surface area (Å²) in [4.78, 5) is 58.0. The Morgan fingerprint density at radius 1 is 0.821 bits per heavy atom. The lowest BCUT2D eigenvalue weighted by Gasteiger charge is -2.31. The van der Waals surface area contributed by atoms with E-state index < -0.39 is 17.4 Å². The zero-order valence-electron chi connectivity index (χ0n) is 33.0. The molecule has 0 atom stereocenters. The summed E-state index contributed by atoms with van der Waals surface area (Å²) in [6.45, 7) is 5.75. The van der Waals surface area contributed by atoms with Crippen molar-refractivity contribution in [2.24, 2.45) is 27.2 Å². The second kappa shape index (κ2) is 41.6. The van der Waals surface area contributed by atoms with Crippen LogP contribution in [0.2, 0.25) is 0 Å². The molecule has 326 valence electrons. The number of hydrogen-bond acceptors (Lipinski definition) is 17. The summed E-state index contributed by atoms with van der Waals surface area (Å²) in [7, 11) is 0. The van der Waals surface area contributed by atoms with Gasteiger partial charge in [0.15, 0.2) is 0 Å². The minimum absolute atomic E-state index is 0.0255. The molecule has 1 aliphatic heterocycles. The number of aliphatic imine (C=N–C) groups is 2. The predicted molar refractivity (Wildman–Crippen MR) is 210 cm³/mol. The molecule has 0 bridgehead atoms. The molecule has 3 fully saturated rings. The van der Waals surface area contributed by atoms with Crippen LogP contribution in [-0.2, 0) is 38.2 Å². The van der Waals surface area contributed by atoms with E-state index in [4.69, 9.17) is 40.5 Å². The van der Waals surface area contributed by atoms with E-state index in [-0.39, 0.29) is 70.1 Å². The van der Waals surface area contributed by atoms with Crippen LogP contribution in [0.3, 0.4) is 0 Å². The molecule has 56 heavy (non-hydrogen) atoms. The van der Waals surface area contributed by atoms with Gasteiger partial charge in [0.25, 0.3) is 0 Å². The lowest BCUT2D eigenvalue weighted by atomic mass is 9.76. The van der Waals surface area contributed by atoms with Crippen molar-refractivity contribution >= 4 is 42.7 Å². The van der Waals surface area contributed by atoms with Crippen LogP contribution in [0.25, 0.3) is 0 Å². The molecule has 1 heterocycles. The fraction of sp³-hybridized carbons (Fsp3) is 0.816. The molecule has 0 aromatic carbocycles. The summed E-state index contributed by atoms with van der Waals surface area (Å²) < 4.78 is 13.7. The normalized spacial score (nSPS) is 19.9. The van der Waals surface area contributed by atoms with Crippen molar-refractivity contribution in [1.82, 2.24) is 0 Å². The van der Waals surface area contributed by atoms with Crippen LogP contribution in [0, 0.1) is 17.3 Å². The molecule has 0 aromatic heterocycles. The standard InChI is InChI=1S/C15H22N2O2.C6H14O3.C6H10O2.C5H8O3.C4H10O3.C2H4O2S/c18-10-16-14-5-1-12(2-6-14)9-13-3-7-15(8-4-13)17-11-19;1-2-6(3-7,4-8)5-9;7-6-4-2-1-3-5-8-6;1-2-5(7)8-4-3-6;5-1-3-7-4-2-6;3-2(4)1-5/h12-15H,1-9H2;7-9H,2-5H2,1H3;1-5H2;2,6H,1,3-4H2;5-6H,1-4H2;5H,1H2,(H,3,4). The summed E-state index contributed by atoms with van der Waals surface area (Å²) in [5.41, 5.74) is -0.667. The van der Waals surface area contributed by atoms with Crippen molar-refractivity contribution in [3.05, 3.63) is 12.7 Å². The number of hydrogen-bond donors (Lipinski definition) is 8. The number of aliphatic carboxylic acids is 1. The number of cyclic esters (lactones) is 1. The Bertz CT molecular complexity index is 1000. The Hall–Kier alpha value is -3.02. The number of carbonyl (C=O) groups excluding carboxylic acids is 4. The highest BCUT2D eigenvalue weighted by Crippen LogP contribution is 2.36. The van der Waals surface area contributed by atoms with Crippen molar-refractivity contribution in [2.75, 3.05) is 71.8 Å². The van der Waals surface area contributed by atoms with E-state index in [0.29, 0.717) is 32.7 Å². The number of thiol groups is 1. The molecule has 18 heteroatoms. The molecule has 0 spiro atoms. The predicted octanol–water partition coefficient (Wildman–Crippen LogP) is 2.33. The Balaban J connectivity index is -0.000000649. The Kier molecular flexibility index (Phi) is 42.6. The van der Waals surface area contributed by atoms with Gasteiger partial charge in [0.05, 0.1) is 77.3 Å². The van der Waals surface area contributed by atoms with Crippen LogP contribution < -0.4 is 0 Å². The van der Waals surface area contributed by atoms with Gasteiger partial charge in [-0.3, -0.25) is 9.59 Å². The first-order chi connectivity index (χ1) is 26.9. The molecular weight excluding hydrogens is 756 g/mol. The van der Waals surface area contributed by atoms with Gasteiger partial charge in [-0.15, -0.1) is 0 Å². The second-order valence-corrected chi connectivity index (χ2v) is 13.4. The van der Waals surface area contributed by atoms with E-state index in [2.05, 4.69) is 38.7 Å². The fourth-order valence-corrected chi connectivity index (χ4v) is 5.37. The third-order valence-electron chi connectivity index (χ3n) is 8.92. The summed E-state index contributed by atoms with van der Waals surface area (Å²) in [5, 5.41) is 57.9. The maximum Gasteiger partial charge on any atom is 0.330 e. The van der Waals surface area contributed by atoms with E-state index in [1.165, 1.54) is 32.1 Å². The smallest absolute Gasteiger partial charge is 0.330 e. The van der Waals surface area contributed by atoms with Gasteiger partial charge in [0.1, 0.15) is 6.61 Å². The van der Waals surface area contributed by atoms with Crippen molar-refractivity contribution in [2.45, 2.75) is 109 Å². The molecule has 0 unspecified atom stereocenters. The number of carboxylic acids is 1. The number of carboxylic acid groups (broad SMARTS) is 1. The second-order valence-electron chi connectivity index (χ2n) is 13.1. The van der Waals surface area contributed by atoms with Gasteiger partial charge in [-0.2, -0.15) is 12.6 Å². The molecule has 2 aliphatic carbocycles. The van der Waals surface area contributed by atoms with Crippen LogP contribution >= 0.6 is 12.6 Å². The number of isocyanates is 2. The topological polar surface area (TPSA) is 279 Å². The molecule has 17 nitrogen and oxygen atoms in total. The van der Waals surface area contributed by atoms with Crippen LogP contribution in [-0.4, -0.2) is 150 Å². The fourth-order valence-electron chi connectivity index (χ4n) is 5.37. The highest BCUT2D eigenvalue weighted by molar-refractivity contribution is 7.81. The summed E-state index contributed by atoms with van der Waals surface area (Å²) in [6, 6.07) is 0.456. The van der Waals surface area contributed by atoms with Crippen LogP contribution in [0.1, 0.15) is 96.8 Å². The molecule has 0 amide bonds. The van der Waals surface area contributed by atoms with Gasteiger partial charge in [0, 0.05) is 17.9 Å². The minimum atomic E-state index is -0.881. The highest BCUT2D eigenvalue weighted by atomic mass is 32.1. The largest absolute Gasteiger partial charge is 0.481 e. The Morgan fingerprint density at radius 3 is 1.59 bits per heavy atom. The van der Waals surface area contributed by atoms with Gasteiger partial charge in [0.2, 0.25) is 12.2 Å². The van der Waals surface area contributed by atoms with Gasteiger partial charge >= 0.3 is 17.9 Å². The third kappa shape index (κ3) is 35.4. The highest BCUT2D eigenvalue weighted by Gasteiger charge is 2.27. The Morgan fingerprint density at radius 2 is 1.27 bits per heavy atom. The van der Waals surface area contributed by atoms with Gasteiger partial charge in [-0.1, -0.05) is 13.5 Å². The zero-order chi connectivity index (χ0) is 42.9. The van der Waals surface area contributed by atoms with E-state index in [1.54, 1.807) is 12.2 Å². The quantitative estimate of drug-likeness (QED) is 0.0277. The summed E-state index contributed by atoms with van der Waals surface area (Å²) in [5.74, 6) is 0.110. The van der Waals surface area contributed by atoms with E-state index >= 15 is 0 Å². The maximum atomic E-state index is 10.5. The number of aliphatic hydroxyl groups excluding tert-OH is 6. The molecule has 0 radical (unpaired) electrons. The number of carbonyl (C=O) groups is 3. The van der Waals surface area contributed by atoms with E-state index in [1.807, 2.05) is 6.92 Å². The molecular formula is C38H68N2O15S. The number of rotatable bonds is 16. The average molecular weight is 825 g/mol. The summed E-state index contributed by atoms with van der Waals surface area (Å²) in [6.07, 6.45) is 19.1. The third-order valence-corrected chi connectivity index (χ3v) is 9.19. The van der Waals surface area contributed by atoms with Crippen LogP contribution in [0.5, 0.6) is 0 Å². The zero-order valence-corrected chi connectivity index (χ0v) is 33.9. The van der Waals surface area contributed by atoms with Crippen LogP contribution in [0.15, 0.2) is 22.6 Å².